The summed E-state index contributed by atoms with van der Waals surface area (Å²) >= 11 is 0. The second kappa shape index (κ2) is 6.75. The van der Waals surface area contributed by atoms with Crippen molar-refractivity contribution in [2.24, 2.45) is 0 Å². The molecular formula is C20H26N4O. The number of fused-ring (bicyclic) bond motifs is 1. The Morgan fingerprint density at radius 3 is 2.48 bits per heavy atom. The van der Waals surface area contributed by atoms with Crippen LogP contribution in [0, 0.1) is 13.8 Å². The minimum Gasteiger partial charge on any atom is -0.492 e. The molecule has 0 aliphatic rings. The molecule has 132 valence electrons. The van der Waals surface area contributed by atoms with Gasteiger partial charge in [0.15, 0.2) is 5.65 Å². The molecule has 3 aromatic rings. The maximum Gasteiger partial charge on any atom is 0.157 e. The fourth-order valence-corrected chi connectivity index (χ4v) is 2.74. The number of rotatable bonds is 5. The van der Waals surface area contributed by atoms with E-state index in [9.17, 15) is 0 Å². The molecule has 2 aromatic heterocycles. The fourth-order valence-electron chi connectivity index (χ4n) is 2.74. The van der Waals surface area contributed by atoms with E-state index >= 15 is 0 Å². The summed E-state index contributed by atoms with van der Waals surface area (Å²) in [6, 6.07) is 10.2. The second-order valence-corrected chi connectivity index (χ2v) is 7.32. The molecule has 0 saturated carbocycles. The van der Waals surface area contributed by atoms with E-state index in [1.807, 2.05) is 29.6 Å². The van der Waals surface area contributed by atoms with Gasteiger partial charge >= 0.3 is 0 Å². The summed E-state index contributed by atoms with van der Waals surface area (Å²) in [5.74, 6) is 1.86. The summed E-state index contributed by atoms with van der Waals surface area (Å²) in [6.45, 7) is 12.0. The zero-order valence-electron chi connectivity index (χ0n) is 15.6. The number of nitrogens with zero attached hydrogens (tertiary/aromatic N) is 3. The van der Waals surface area contributed by atoms with Crippen LogP contribution in [0.4, 0.5) is 5.82 Å². The average Bonchev–Trinajstić information content (AvgIpc) is 3.02. The number of benzene rings is 1. The standard InChI is InChI=1S/C20H26N4O/c1-14-15(2)23-18-10-11-22-24(18)19(14)21-12-13-25-17-8-6-16(7-9-17)20(3,4)5/h6-11,21H,12-13H2,1-5H3. The number of nitrogens with one attached hydrogen (secondary N) is 1. The first-order chi connectivity index (χ1) is 11.9. The molecule has 0 bridgehead atoms. The normalized spacial score (nSPS) is 11.7. The number of aromatic nitrogens is 3. The van der Waals surface area contributed by atoms with Crippen molar-refractivity contribution in [1.29, 1.82) is 0 Å². The van der Waals surface area contributed by atoms with Gasteiger partial charge in [-0.1, -0.05) is 32.9 Å². The van der Waals surface area contributed by atoms with E-state index in [-0.39, 0.29) is 5.41 Å². The third-order valence-electron chi connectivity index (χ3n) is 4.40. The lowest BCUT2D eigenvalue weighted by Crippen LogP contribution is -2.16. The molecule has 0 amide bonds. The third-order valence-corrected chi connectivity index (χ3v) is 4.40. The summed E-state index contributed by atoms with van der Waals surface area (Å²) in [5, 5.41) is 7.77. The van der Waals surface area contributed by atoms with E-state index in [1.54, 1.807) is 6.20 Å². The Bertz CT molecular complexity index is 860. The van der Waals surface area contributed by atoms with Gasteiger partial charge in [0, 0.05) is 17.3 Å². The Balaban J connectivity index is 1.61. The molecule has 1 N–H and O–H groups in total. The van der Waals surface area contributed by atoms with E-state index < -0.39 is 0 Å². The summed E-state index contributed by atoms with van der Waals surface area (Å²) in [7, 11) is 0. The first-order valence-corrected chi connectivity index (χ1v) is 8.64. The molecule has 2 heterocycles. The van der Waals surface area contributed by atoms with E-state index in [4.69, 9.17) is 4.74 Å². The lowest BCUT2D eigenvalue weighted by Gasteiger charge is -2.19. The number of aryl methyl sites for hydroxylation is 1. The lowest BCUT2D eigenvalue weighted by molar-refractivity contribution is 0.332. The highest BCUT2D eigenvalue weighted by Gasteiger charge is 2.13. The van der Waals surface area contributed by atoms with Crippen LogP contribution in [0.2, 0.25) is 0 Å². The number of anilines is 1. The van der Waals surface area contributed by atoms with Crippen LogP contribution >= 0.6 is 0 Å². The van der Waals surface area contributed by atoms with Crippen molar-refractivity contribution in [2.45, 2.75) is 40.0 Å². The fraction of sp³-hybridized carbons (Fsp3) is 0.400. The highest BCUT2D eigenvalue weighted by Crippen LogP contribution is 2.24. The van der Waals surface area contributed by atoms with Crippen molar-refractivity contribution in [1.82, 2.24) is 14.6 Å². The van der Waals surface area contributed by atoms with Crippen LogP contribution in [0.25, 0.3) is 5.65 Å². The summed E-state index contributed by atoms with van der Waals surface area (Å²) < 4.78 is 7.69. The highest BCUT2D eigenvalue weighted by atomic mass is 16.5. The predicted octanol–water partition coefficient (Wildman–Crippen LogP) is 4.13. The maximum absolute atomic E-state index is 5.85. The minimum atomic E-state index is 0.159. The first-order valence-electron chi connectivity index (χ1n) is 8.64. The van der Waals surface area contributed by atoms with Crippen molar-refractivity contribution < 1.29 is 4.74 Å². The van der Waals surface area contributed by atoms with Gasteiger partial charge in [0.2, 0.25) is 0 Å². The molecule has 0 atom stereocenters. The van der Waals surface area contributed by atoms with Gasteiger partial charge in [0.1, 0.15) is 18.2 Å². The molecule has 25 heavy (non-hydrogen) atoms. The van der Waals surface area contributed by atoms with Crippen molar-refractivity contribution in [2.75, 3.05) is 18.5 Å². The van der Waals surface area contributed by atoms with Gasteiger partial charge in [-0.3, -0.25) is 0 Å². The van der Waals surface area contributed by atoms with Gasteiger partial charge in [-0.25, -0.2) is 4.98 Å². The van der Waals surface area contributed by atoms with E-state index in [1.165, 1.54) is 5.56 Å². The summed E-state index contributed by atoms with van der Waals surface area (Å²) in [4.78, 5) is 4.53. The van der Waals surface area contributed by atoms with Gasteiger partial charge in [-0.2, -0.15) is 9.61 Å². The minimum absolute atomic E-state index is 0.159. The molecule has 0 unspecified atom stereocenters. The number of ether oxygens (including phenoxy) is 1. The molecule has 0 fully saturated rings. The molecule has 3 rings (SSSR count). The smallest absolute Gasteiger partial charge is 0.157 e. The van der Waals surface area contributed by atoms with Crippen molar-refractivity contribution >= 4 is 11.5 Å². The lowest BCUT2D eigenvalue weighted by atomic mass is 9.87. The van der Waals surface area contributed by atoms with Crippen molar-refractivity contribution in [3.05, 3.63) is 53.3 Å². The van der Waals surface area contributed by atoms with E-state index in [0.717, 1.165) is 28.5 Å². The van der Waals surface area contributed by atoms with Crippen LogP contribution in [0.15, 0.2) is 36.5 Å². The van der Waals surface area contributed by atoms with Crippen LogP contribution in [-0.2, 0) is 5.41 Å². The SMILES string of the molecule is Cc1nc2ccnn2c(NCCOc2ccc(C(C)(C)C)cc2)c1C. The molecule has 5 nitrogen and oxygen atoms in total. The largest absolute Gasteiger partial charge is 0.492 e. The van der Waals surface area contributed by atoms with Crippen molar-refractivity contribution in [3.63, 3.8) is 0 Å². The van der Waals surface area contributed by atoms with Gasteiger partial charge in [-0.05, 0) is 37.0 Å². The van der Waals surface area contributed by atoms with E-state index in [0.29, 0.717) is 13.2 Å². The van der Waals surface area contributed by atoms with Crippen LogP contribution < -0.4 is 10.1 Å². The Labute approximate surface area is 149 Å². The molecule has 0 aliphatic heterocycles. The number of hydrogen-bond acceptors (Lipinski definition) is 4. The zero-order chi connectivity index (χ0) is 18.0. The second-order valence-electron chi connectivity index (χ2n) is 7.32. The topological polar surface area (TPSA) is 51.5 Å². The zero-order valence-corrected chi connectivity index (χ0v) is 15.6. The van der Waals surface area contributed by atoms with Gasteiger partial charge in [-0.15, -0.1) is 0 Å². The van der Waals surface area contributed by atoms with Crippen LogP contribution in [0.3, 0.4) is 0 Å². The van der Waals surface area contributed by atoms with Gasteiger partial charge in [0.25, 0.3) is 0 Å². The third kappa shape index (κ3) is 3.76. The Kier molecular flexibility index (Phi) is 4.66. The van der Waals surface area contributed by atoms with E-state index in [2.05, 4.69) is 55.2 Å². The molecule has 0 aliphatic carbocycles. The summed E-state index contributed by atoms with van der Waals surface area (Å²) in [5.41, 5.74) is 4.43. The quantitative estimate of drug-likeness (QED) is 0.711. The Morgan fingerprint density at radius 2 is 1.80 bits per heavy atom. The highest BCUT2D eigenvalue weighted by molar-refractivity contribution is 5.54. The Hall–Kier alpha value is -2.56. The average molecular weight is 338 g/mol. The molecular weight excluding hydrogens is 312 g/mol. The van der Waals surface area contributed by atoms with Crippen molar-refractivity contribution in [3.8, 4) is 5.75 Å². The Morgan fingerprint density at radius 1 is 1.08 bits per heavy atom. The summed E-state index contributed by atoms with van der Waals surface area (Å²) in [6.07, 6.45) is 1.76. The molecule has 0 saturated heterocycles. The maximum atomic E-state index is 5.85. The van der Waals surface area contributed by atoms with Crippen LogP contribution in [-0.4, -0.2) is 27.7 Å². The van der Waals surface area contributed by atoms with Crippen LogP contribution in [0.5, 0.6) is 5.75 Å². The molecule has 0 radical (unpaired) electrons. The predicted molar refractivity (Wildman–Crippen MR) is 102 cm³/mol. The molecule has 1 aromatic carbocycles. The molecule has 0 spiro atoms. The monoisotopic (exact) mass is 338 g/mol. The van der Waals surface area contributed by atoms with Gasteiger partial charge in [0.05, 0.1) is 12.7 Å². The number of hydrogen-bond donors (Lipinski definition) is 1. The molecule has 5 heteroatoms. The first kappa shape index (κ1) is 17.3. The van der Waals surface area contributed by atoms with Gasteiger partial charge < -0.3 is 10.1 Å². The van der Waals surface area contributed by atoms with Crippen LogP contribution in [0.1, 0.15) is 37.6 Å².